The lowest BCUT2D eigenvalue weighted by atomic mass is 10.1. The number of carbonyl (C=O) groups is 1. The number of furan rings is 1. The van der Waals surface area contributed by atoms with Gasteiger partial charge in [-0.3, -0.25) is 4.79 Å². The smallest absolute Gasteiger partial charge is 0.250 e. The summed E-state index contributed by atoms with van der Waals surface area (Å²) in [5, 5.41) is 0. The molecule has 0 unspecified atom stereocenters. The van der Waals surface area contributed by atoms with Crippen LogP contribution in [0.1, 0.15) is 23.1 Å². The summed E-state index contributed by atoms with van der Waals surface area (Å²) in [4.78, 5) is 14.2. The number of rotatable bonds is 4. The van der Waals surface area contributed by atoms with Gasteiger partial charge in [-0.05, 0) is 30.2 Å². The van der Waals surface area contributed by atoms with Crippen LogP contribution >= 0.6 is 11.3 Å². The summed E-state index contributed by atoms with van der Waals surface area (Å²) in [5.41, 5.74) is 0.921. The fourth-order valence-electron chi connectivity index (χ4n) is 2.36. The van der Waals surface area contributed by atoms with Gasteiger partial charge in [-0.2, -0.15) is 0 Å². The number of nitrogens with one attached hydrogen (secondary N) is 1. The molecule has 118 valence electrons. The second-order valence-corrected chi connectivity index (χ2v) is 8.24. The molecule has 8 heteroatoms. The van der Waals surface area contributed by atoms with Crippen LogP contribution in [-0.2, 0) is 34.3 Å². The first-order chi connectivity index (χ1) is 10.5. The monoisotopic (exact) mass is 340 g/mol. The zero-order valence-electron chi connectivity index (χ0n) is 12.0. The Balaban J connectivity index is 1.76. The molecule has 1 amide bonds. The quantitative estimate of drug-likeness (QED) is 0.919. The largest absolute Gasteiger partial charge is 0.468 e. The van der Waals surface area contributed by atoms with E-state index in [1.807, 2.05) is 0 Å². The van der Waals surface area contributed by atoms with Gasteiger partial charge in [0.1, 0.15) is 9.97 Å². The summed E-state index contributed by atoms with van der Waals surface area (Å²) in [7, 11) is -3.56. The Kier molecular flexibility index (Phi) is 4.07. The minimum atomic E-state index is -3.56. The van der Waals surface area contributed by atoms with E-state index < -0.39 is 10.0 Å². The first kappa shape index (κ1) is 15.3. The maximum atomic E-state index is 12.3. The highest BCUT2D eigenvalue weighted by Gasteiger charge is 2.25. The maximum absolute atomic E-state index is 12.3. The van der Waals surface area contributed by atoms with Gasteiger partial charge in [0.05, 0.1) is 12.8 Å². The molecule has 0 fully saturated rings. The van der Waals surface area contributed by atoms with Crippen LogP contribution in [0.3, 0.4) is 0 Å². The first-order valence-corrected chi connectivity index (χ1v) is 9.15. The van der Waals surface area contributed by atoms with Gasteiger partial charge in [-0.25, -0.2) is 13.1 Å². The molecule has 0 saturated carbocycles. The number of fused-ring (bicyclic) bond motifs is 1. The van der Waals surface area contributed by atoms with Crippen molar-refractivity contribution in [2.45, 2.75) is 30.6 Å². The molecule has 1 aliphatic rings. The van der Waals surface area contributed by atoms with E-state index in [4.69, 9.17) is 4.42 Å². The molecule has 1 N–H and O–H groups in total. The summed E-state index contributed by atoms with van der Waals surface area (Å²) >= 11 is 1.27. The zero-order chi connectivity index (χ0) is 15.7. The lowest BCUT2D eigenvalue weighted by Crippen LogP contribution is -2.33. The standard InChI is InChI=1S/C14H16N2O4S2/c1-10(17)16-5-4-13-11(9-16)7-14(21-13)22(18,19)15-8-12-3-2-6-20-12/h2-3,6-7,15H,4-5,8-9H2,1H3. The van der Waals surface area contributed by atoms with Crippen molar-refractivity contribution in [3.8, 4) is 0 Å². The van der Waals surface area contributed by atoms with Crippen LogP contribution in [0.25, 0.3) is 0 Å². The summed E-state index contributed by atoms with van der Waals surface area (Å²) in [6.07, 6.45) is 2.21. The van der Waals surface area contributed by atoms with Crippen LogP contribution in [0.15, 0.2) is 33.1 Å². The van der Waals surface area contributed by atoms with Crippen LogP contribution in [0.4, 0.5) is 0 Å². The maximum Gasteiger partial charge on any atom is 0.250 e. The highest BCUT2D eigenvalue weighted by Crippen LogP contribution is 2.31. The number of nitrogens with zero attached hydrogens (tertiary/aromatic N) is 1. The third-order valence-electron chi connectivity index (χ3n) is 3.57. The van der Waals surface area contributed by atoms with Crippen LogP contribution in [0.5, 0.6) is 0 Å². The van der Waals surface area contributed by atoms with E-state index >= 15 is 0 Å². The second-order valence-electron chi connectivity index (χ2n) is 5.11. The first-order valence-electron chi connectivity index (χ1n) is 6.85. The number of hydrogen-bond donors (Lipinski definition) is 1. The zero-order valence-corrected chi connectivity index (χ0v) is 13.7. The molecule has 2 aromatic rings. The van der Waals surface area contributed by atoms with Crippen molar-refractivity contribution in [3.63, 3.8) is 0 Å². The van der Waals surface area contributed by atoms with E-state index in [0.717, 1.165) is 10.4 Å². The molecular weight excluding hydrogens is 324 g/mol. The van der Waals surface area contributed by atoms with E-state index in [2.05, 4.69) is 4.72 Å². The average molecular weight is 340 g/mol. The van der Waals surface area contributed by atoms with Gasteiger partial charge in [0.15, 0.2) is 0 Å². The molecular formula is C14H16N2O4S2. The van der Waals surface area contributed by atoms with E-state index in [9.17, 15) is 13.2 Å². The Labute approximate surface area is 132 Å². The predicted molar refractivity (Wildman–Crippen MR) is 81.8 cm³/mol. The van der Waals surface area contributed by atoms with Gasteiger partial charge < -0.3 is 9.32 Å². The van der Waals surface area contributed by atoms with Gasteiger partial charge in [-0.15, -0.1) is 11.3 Å². The molecule has 0 saturated heterocycles. The Bertz CT molecular complexity index is 778. The highest BCUT2D eigenvalue weighted by molar-refractivity contribution is 7.91. The summed E-state index contributed by atoms with van der Waals surface area (Å²) in [6.45, 7) is 2.77. The van der Waals surface area contributed by atoms with E-state index in [1.165, 1.54) is 24.5 Å². The molecule has 0 aliphatic carbocycles. The van der Waals surface area contributed by atoms with Crippen molar-refractivity contribution in [2.75, 3.05) is 6.54 Å². The third kappa shape index (κ3) is 3.08. The third-order valence-corrected chi connectivity index (χ3v) is 6.68. The van der Waals surface area contributed by atoms with Crippen molar-refractivity contribution in [2.24, 2.45) is 0 Å². The number of carbonyl (C=O) groups excluding carboxylic acids is 1. The van der Waals surface area contributed by atoms with Crippen LogP contribution < -0.4 is 4.72 Å². The molecule has 1 aliphatic heterocycles. The van der Waals surface area contributed by atoms with E-state index in [-0.39, 0.29) is 16.7 Å². The Morgan fingerprint density at radius 2 is 2.32 bits per heavy atom. The fraction of sp³-hybridized carbons (Fsp3) is 0.357. The molecule has 3 rings (SSSR count). The van der Waals surface area contributed by atoms with Crippen molar-refractivity contribution in [1.82, 2.24) is 9.62 Å². The van der Waals surface area contributed by atoms with Crippen molar-refractivity contribution in [1.29, 1.82) is 0 Å². The summed E-state index contributed by atoms with van der Waals surface area (Å²) in [6, 6.07) is 5.09. The normalized spacial score (nSPS) is 14.9. The van der Waals surface area contributed by atoms with Crippen LogP contribution in [0.2, 0.25) is 0 Å². The average Bonchev–Trinajstić information content (AvgIpc) is 3.13. The van der Waals surface area contributed by atoms with E-state index in [0.29, 0.717) is 25.3 Å². The molecule has 2 aromatic heterocycles. The van der Waals surface area contributed by atoms with Crippen molar-refractivity contribution >= 4 is 27.3 Å². The Morgan fingerprint density at radius 1 is 1.50 bits per heavy atom. The SMILES string of the molecule is CC(=O)N1CCc2sc(S(=O)(=O)NCc3ccco3)cc2C1. The number of amides is 1. The minimum absolute atomic E-state index is 0.0113. The Morgan fingerprint density at radius 3 is 3.00 bits per heavy atom. The van der Waals surface area contributed by atoms with E-state index in [1.54, 1.807) is 23.1 Å². The predicted octanol–water partition coefficient (Wildman–Crippen LogP) is 1.72. The number of hydrogen-bond acceptors (Lipinski definition) is 5. The molecule has 6 nitrogen and oxygen atoms in total. The Hall–Kier alpha value is -1.64. The van der Waals surface area contributed by atoms with Crippen molar-refractivity contribution < 1.29 is 17.6 Å². The lowest BCUT2D eigenvalue weighted by Gasteiger charge is -2.25. The van der Waals surface area contributed by atoms with Gasteiger partial charge >= 0.3 is 0 Å². The van der Waals surface area contributed by atoms with Crippen LogP contribution in [-0.4, -0.2) is 25.8 Å². The van der Waals surface area contributed by atoms with Gasteiger partial charge in [0.2, 0.25) is 15.9 Å². The molecule has 0 spiro atoms. The highest BCUT2D eigenvalue weighted by atomic mass is 32.2. The molecule has 0 aromatic carbocycles. The molecule has 0 bridgehead atoms. The second kappa shape index (κ2) is 5.86. The fourth-order valence-corrected chi connectivity index (χ4v) is 4.94. The minimum Gasteiger partial charge on any atom is -0.468 e. The molecule has 3 heterocycles. The van der Waals surface area contributed by atoms with Gasteiger partial charge in [0.25, 0.3) is 0 Å². The molecule has 22 heavy (non-hydrogen) atoms. The molecule has 0 radical (unpaired) electrons. The number of sulfonamides is 1. The number of thiophene rings is 1. The van der Waals surface area contributed by atoms with Crippen molar-refractivity contribution in [3.05, 3.63) is 40.7 Å². The van der Waals surface area contributed by atoms with Gasteiger partial charge in [-0.1, -0.05) is 0 Å². The summed E-state index contributed by atoms with van der Waals surface area (Å²) in [5.74, 6) is 0.574. The summed E-state index contributed by atoms with van der Waals surface area (Å²) < 4.78 is 32.6. The topological polar surface area (TPSA) is 79.6 Å². The van der Waals surface area contributed by atoms with Gasteiger partial charge in [0, 0.05) is 24.9 Å². The molecule has 0 atom stereocenters. The van der Waals surface area contributed by atoms with Crippen LogP contribution in [0, 0.1) is 0 Å². The lowest BCUT2D eigenvalue weighted by molar-refractivity contribution is -0.129.